The summed E-state index contributed by atoms with van der Waals surface area (Å²) in [6.07, 6.45) is 2.07. The number of anilines is 1. The number of nitrogens with one attached hydrogen (secondary N) is 1. The highest BCUT2D eigenvalue weighted by molar-refractivity contribution is 7.92. The van der Waals surface area contributed by atoms with Crippen molar-refractivity contribution in [2.75, 3.05) is 17.1 Å². The van der Waals surface area contributed by atoms with Gasteiger partial charge in [0.05, 0.1) is 18.0 Å². The maximum absolute atomic E-state index is 12.5. The van der Waals surface area contributed by atoms with E-state index in [4.69, 9.17) is 0 Å². The minimum atomic E-state index is -3.58. The van der Waals surface area contributed by atoms with Crippen LogP contribution in [0, 0.1) is 0 Å². The van der Waals surface area contributed by atoms with Gasteiger partial charge in [0.15, 0.2) is 0 Å². The van der Waals surface area contributed by atoms with Crippen molar-refractivity contribution in [1.82, 2.24) is 5.32 Å². The fourth-order valence-corrected chi connectivity index (χ4v) is 3.82. The molecule has 0 heterocycles. The summed E-state index contributed by atoms with van der Waals surface area (Å²) in [7, 11) is -3.58. The summed E-state index contributed by atoms with van der Waals surface area (Å²) in [5.41, 5.74) is 3.82. The van der Waals surface area contributed by atoms with Crippen molar-refractivity contribution >= 4 is 21.6 Å². The molecule has 0 fully saturated rings. The van der Waals surface area contributed by atoms with Crippen molar-refractivity contribution in [3.63, 3.8) is 0 Å². The molecule has 6 heteroatoms. The Morgan fingerprint density at radius 3 is 1.96 bits per heavy atom. The normalized spacial score (nSPS) is 12.6. The summed E-state index contributed by atoms with van der Waals surface area (Å²) in [6, 6.07) is 15.1. The van der Waals surface area contributed by atoms with Gasteiger partial charge >= 0.3 is 0 Å². The van der Waals surface area contributed by atoms with E-state index in [0.29, 0.717) is 11.6 Å². The molecular formula is C22H30N2O3S. The Morgan fingerprint density at radius 1 is 0.964 bits per heavy atom. The molecule has 0 radical (unpaired) electrons. The van der Waals surface area contributed by atoms with Gasteiger partial charge in [0.2, 0.25) is 15.9 Å². The average Bonchev–Trinajstić information content (AvgIpc) is 2.65. The van der Waals surface area contributed by atoms with Gasteiger partial charge in [-0.2, -0.15) is 0 Å². The number of benzene rings is 2. The monoisotopic (exact) mass is 402 g/mol. The molecule has 1 amide bonds. The summed E-state index contributed by atoms with van der Waals surface area (Å²) < 4.78 is 25.7. The van der Waals surface area contributed by atoms with Gasteiger partial charge in [-0.15, -0.1) is 0 Å². The van der Waals surface area contributed by atoms with Gasteiger partial charge in [-0.3, -0.25) is 9.10 Å². The van der Waals surface area contributed by atoms with Crippen LogP contribution in [0.2, 0.25) is 0 Å². The van der Waals surface area contributed by atoms with Gasteiger partial charge in [0, 0.05) is 0 Å². The number of hydrogen-bond donors (Lipinski definition) is 1. The second-order valence-electron chi connectivity index (χ2n) is 7.40. The maximum atomic E-state index is 12.5. The second-order valence-corrected chi connectivity index (χ2v) is 9.31. The van der Waals surface area contributed by atoms with E-state index in [2.05, 4.69) is 26.1 Å². The smallest absolute Gasteiger partial charge is 0.241 e. The van der Waals surface area contributed by atoms with Gasteiger partial charge in [-0.25, -0.2) is 8.42 Å². The van der Waals surface area contributed by atoms with E-state index in [0.717, 1.165) is 28.1 Å². The van der Waals surface area contributed by atoms with E-state index < -0.39 is 10.0 Å². The summed E-state index contributed by atoms with van der Waals surface area (Å²) in [4.78, 5) is 12.5. The van der Waals surface area contributed by atoms with Crippen molar-refractivity contribution in [3.05, 3.63) is 65.2 Å². The summed E-state index contributed by atoms with van der Waals surface area (Å²) in [5, 5.41) is 2.89. The zero-order valence-electron chi connectivity index (χ0n) is 17.3. The van der Waals surface area contributed by atoms with Gasteiger partial charge in [0.1, 0.15) is 6.54 Å². The molecule has 0 aliphatic rings. The van der Waals surface area contributed by atoms with Gasteiger partial charge in [-0.05, 0) is 48.1 Å². The van der Waals surface area contributed by atoms with E-state index in [9.17, 15) is 13.2 Å². The van der Waals surface area contributed by atoms with E-state index in [1.165, 1.54) is 5.56 Å². The lowest BCUT2D eigenvalue weighted by Crippen LogP contribution is -2.41. The fourth-order valence-electron chi connectivity index (χ4n) is 2.97. The van der Waals surface area contributed by atoms with Crippen LogP contribution in [0.25, 0.3) is 0 Å². The number of nitrogens with zero attached hydrogens (tertiary/aromatic N) is 1. The molecule has 1 atom stereocenters. The van der Waals surface area contributed by atoms with Crippen LogP contribution in [-0.2, 0) is 21.2 Å². The van der Waals surface area contributed by atoms with Crippen molar-refractivity contribution in [2.45, 2.75) is 46.1 Å². The lowest BCUT2D eigenvalue weighted by Gasteiger charge is -2.23. The van der Waals surface area contributed by atoms with Crippen LogP contribution in [0.4, 0.5) is 5.69 Å². The molecule has 0 saturated carbocycles. The minimum Gasteiger partial charge on any atom is -0.348 e. The molecule has 28 heavy (non-hydrogen) atoms. The van der Waals surface area contributed by atoms with Crippen molar-refractivity contribution < 1.29 is 13.2 Å². The Hall–Kier alpha value is -2.34. The Morgan fingerprint density at radius 2 is 1.50 bits per heavy atom. The van der Waals surface area contributed by atoms with Crippen molar-refractivity contribution in [2.24, 2.45) is 0 Å². The highest BCUT2D eigenvalue weighted by atomic mass is 32.2. The first-order valence-corrected chi connectivity index (χ1v) is 11.4. The average molecular weight is 403 g/mol. The van der Waals surface area contributed by atoms with Crippen LogP contribution in [0.5, 0.6) is 0 Å². The predicted octanol–water partition coefficient (Wildman–Crippen LogP) is 4.02. The third-order valence-electron chi connectivity index (χ3n) is 4.80. The summed E-state index contributed by atoms with van der Waals surface area (Å²) >= 11 is 0. The van der Waals surface area contributed by atoms with Crippen LogP contribution in [0.3, 0.4) is 0 Å². The Kier molecular flexibility index (Phi) is 7.24. The molecule has 1 N–H and O–H groups in total. The third-order valence-corrected chi connectivity index (χ3v) is 5.94. The van der Waals surface area contributed by atoms with E-state index >= 15 is 0 Å². The molecule has 0 saturated heterocycles. The number of rotatable bonds is 8. The molecule has 2 aromatic rings. The fraction of sp³-hybridized carbons (Fsp3) is 0.409. The van der Waals surface area contributed by atoms with Crippen LogP contribution in [0.15, 0.2) is 48.5 Å². The topological polar surface area (TPSA) is 66.5 Å². The molecule has 2 rings (SSSR count). The number of aryl methyl sites for hydroxylation is 1. The second kappa shape index (κ2) is 9.24. The Labute approximate surface area is 168 Å². The molecular weight excluding hydrogens is 372 g/mol. The molecule has 0 unspecified atom stereocenters. The highest BCUT2D eigenvalue weighted by Gasteiger charge is 2.22. The van der Waals surface area contributed by atoms with Gasteiger partial charge in [-0.1, -0.05) is 57.2 Å². The first kappa shape index (κ1) is 22.0. The van der Waals surface area contributed by atoms with E-state index in [-0.39, 0.29) is 18.5 Å². The van der Waals surface area contributed by atoms with Crippen molar-refractivity contribution in [1.29, 1.82) is 0 Å². The molecule has 0 aromatic heterocycles. The Balaban J connectivity index is 2.12. The Bertz CT molecular complexity index is 888. The maximum Gasteiger partial charge on any atom is 0.241 e. The number of carbonyl (C=O) groups excluding carboxylic acids is 1. The van der Waals surface area contributed by atoms with Gasteiger partial charge < -0.3 is 5.32 Å². The number of hydrogen-bond acceptors (Lipinski definition) is 3. The quantitative estimate of drug-likeness (QED) is 0.725. The van der Waals surface area contributed by atoms with Crippen LogP contribution in [-0.4, -0.2) is 27.1 Å². The summed E-state index contributed by atoms with van der Waals surface area (Å²) in [6.45, 7) is 7.88. The number of carbonyl (C=O) groups is 1. The zero-order valence-corrected chi connectivity index (χ0v) is 18.1. The SMILES string of the molecule is CCc1ccc([C@H](C)NC(=O)CN(c2ccc(C(C)C)cc2)S(C)(=O)=O)cc1. The largest absolute Gasteiger partial charge is 0.348 e. The molecule has 0 bridgehead atoms. The van der Waals surface area contributed by atoms with Crippen molar-refractivity contribution in [3.8, 4) is 0 Å². The summed E-state index contributed by atoms with van der Waals surface area (Å²) in [5.74, 6) is 0.00871. The first-order valence-electron chi connectivity index (χ1n) is 9.57. The highest BCUT2D eigenvalue weighted by Crippen LogP contribution is 2.22. The van der Waals surface area contributed by atoms with Gasteiger partial charge in [0.25, 0.3) is 0 Å². The van der Waals surface area contributed by atoms with E-state index in [1.54, 1.807) is 12.1 Å². The number of amides is 1. The molecule has 0 aliphatic heterocycles. The molecule has 0 spiro atoms. The van der Waals surface area contributed by atoms with Crippen LogP contribution >= 0.6 is 0 Å². The minimum absolute atomic E-state index is 0.205. The standard InChI is InChI=1S/C22H30N2O3S/c1-6-18-7-9-20(10-8-18)17(4)23-22(25)15-24(28(5,26)27)21-13-11-19(12-14-21)16(2)3/h7-14,16-17H,6,15H2,1-5H3,(H,23,25)/t17-/m0/s1. The van der Waals surface area contributed by atoms with E-state index in [1.807, 2.05) is 43.3 Å². The molecule has 5 nitrogen and oxygen atoms in total. The first-order chi connectivity index (χ1) is 13.1. The lowest BCUT2D eigenvalue weighted by molar-refractivity contribution is -0.120. The molecule has 2 aromatic carbocycles. The molecule has 152 valence electrons. The number of sulfonamides is 1. The zero-order chi connectivity index (χ0) is 20.9. The van der Waals surface area contributed by atoms with Crippen LogP contribution in [0.1, 0.15) is 56.3 Å². The third kappa shape index (κ3) is 5.83. The predicted molar refractivity (Wildman–Crippen MR) is 115 cm³/mol. The molecule has 0 aliphatic carbocycles. The van der Waals surface area contributed by atoms with Crippen LogP contribution < -0.4 is 9.62 Å². The lowest BCUT2D eigenvalue weighted by atomic mass is 10.0.